The number of hydrogen-bond donors (Lipinski definition) is 1. The molecular formula is C15H16N4O. The standard InChI is InChI=1S/C15H16N4O/c1-2-3-10-19-14(8-9-17-19)18-15(20)13-6-4-12(11-16)5-7-13/h4-9H,2-3,10H2,1H3,(H,18,20). The zero-order chi connectivity index (χ0) is 14.4. The lowest BCUT2D eigenvalue weighted by molar-refractivity contribution is 0.102. The average molecular weight is 268 g/mol. The molecule has 20 heavy (non-hydrogen) atoms. The van der Waals surface area contributed by atoms with E-state index in [1.165, 1.54) is 0 Å². The van der Waals surface area contributed by atoms with E-state index in [0.29, 0.717) is 16.9 Å². The molecule has 0 bridgehead atoms. The predicted octanol–water partition coefficient (Wildman–Crippen LogP) is 2.81. The van der Waals surface area contributed by atoms with E-state index in [-0.39, 0.29) is 5.91 Å². The summed E-state index contributed by atoms with van der Waals surface area (Å²) < 4.78 is 1.78. The number of aromatic nitrogens is 2. The topological polar surface area (TPSA) is 70.7 Å². The van der Waals surface area contributed by atoms with E-state index in [2.05, 4.69) is 17.3 Å². The van der Waals surface area contributed by atoms with Crippen LogP contribution in [0.25, 0.3) is 0 Å². The Morgan fingerprint density at radius 1 is 1.35 bits per heavy atom. The molecule has 0 saturated heterocycles. The van der Waals surface area contributed by atoms with Crippen LogP contribution in [-0.2, 0) is 6.54 Å². The van der Waals surface area contributed by atoms with Crippen LogP contribution in [0.3, 0.4) is 0 Å². The quantitative estimate of drug-likeness (QED) is 0.906. The molecule has 2 rings (SSSR count). The SMILES string of the molecule is CCCCn1nccc1NC(=O)c1ccc(C#N)cc1. The molecule has 0 radical (unpaired) electrons. The first-order chi connectivity index (χ1) is 9.74. The van der Waals surface area contributed by atoms with Crippen LogP contribution in [-0.4, -0.2) is 15.7 Å². The second-order valence-electron chi connectivity index (χ2n) is 4.44. The number of amides is 1. The van der Waals surface area contributed by atoms with E-state index in [9.17, 15) is 4.79 Å². The third kappa shape index (κ3) is 3.23. The Morgan fingerprint density at radius 2 is 2.10 bits per heavy atom. The summed E-state index contributed by atoms with van der Waals surface area (Å²) in [6.45, 7) is 2.89. The van der Waals surface area contributed by atoms with Crippen molar-refractivity contribution in [3.8, 4) is 6.07 Å². The van der Waals surface area contributed by atoms with Crippen molar-refractivity contribution in [3.63, 3.8) is 0 Å². The number of nitrogens with zero attached hydrogens (tertiary/aromatic N) is 3. The van der Waals surface area contributed by atoms with Gasteiger partial charge < -0.3 is 5.32 Å². The molecule has 5 heteroatoms. The Labute approximate surface area is 117 Å². The summed E-state index contributed by atoms with van der Waals surface area (Å²) in [5.74, 6) is 0.487. The van der Waals surface area contributed by atoms with Gasteiger partial charge in [0.05, 0.1) is 17.8 Å². The molecule has 0 saturated carbocycles. The highest BCUT2D eigenvalue weighted by Gasteiger charge is 2.09. The molecule has 1 amide bonds. The predicted molar refractivity (Wildman–Crippen MR) is 76.2 cm³/mol. The number of unbranched alkanes of at least 4 members (excludes halogenated alkanes) is 1. The number of carbonyl (C=O) groups is 1. The molecule has 0 atom stereocenters. The van der Waals surface area contributed by atoms with Crippen molar-refractivity contribution in [2.24, 2.45) is 0 Å². The maximum atomic E-state index is 12.1. The highest BCUT2D eigenvalue weighted by Crippen LogP contribution is 2.11. The van der Waals surface area contributed by atoms with Crippen LogP contribution in [0.4, 0.5) is 5.82 Å². The Balaban J connectivity index is 2.07. The molecule has 0 fully saturated rings. The molecule has 0 aliphatic carbocycles. The minimum atomic E-state index is -0.201. The number of benzene rings is 1. The highest BCUT2D eigenvalue weighted by molar-refractivity contribution is 6.03. The summed E-state index contributed by atoms with van der Waals surface area (Å²) in [7, 11) is 0. The monoisotopic (exact) mass is 268 g/mol. The van der Waals surface area contributed by atoms with Crippen LogP contribution in [0.2, 0.25) is 0 Å². The molecule has 2 aromatic rings. The number of rotatable bonds is 5. The molecule has 0 unspecified atom stereocenters. The molecule has 1 N–H and O–H groups in total. The van der Waals surface area contributed by atoms with Gasteiger partial charge in [-0.1, -0.05) is 13.3 Å². The summed E-state index contributed by atoms with van der Waals surface area (Å²) in [6.07, 6.45) is 3.76. The lowest BCUT2D eigenvalue weighted by Crippen LogP contribution is -2.15. The minimum absolute atomic E-state index is 0.201. The van der Waals surface area contributed by atoms with Crippen molar-refractivity contribution < 1.29 is 4.79 Å². The molecule has 1 aromatic carbocycles. The maximum Gasteiger partial charge on any atom is 0.256 e. The molecule has 5 nitrogen and oxygen atoms in total. The summed E-state index contributed by atoms with van der Waals surface area (Å²) in [4.78, 5) is 12.1. The van der Waals surface area contributed by atoms with Crippen molar-refractivity contribution in [2.45, 2.75) is 26.3 Å². The highest BCUT2D eigenvalue weighted by atomic mass is 16.1. The first kappa shape index (κ1) is 13.8. The van der Waals surface area contributed by atoms with Gasteiger partial charge in [-0.05, 0) is 30.7 Å². The van der Waals surface area contributed by atoms with E-state index in [1.807, 2.05) is 6.07 Å². The van der Waals surface area contributed by atoms with Gasteiger partial charge in [0.25, 0.3) is 5.91 Å². The van der Waals surface area contributed by atoms with Crippen molar-refractivity contribution in [1.82, 2.24) is 9.78 Å². The second kappa shape index (κ2) is 6.53. The van der Waals surface area contributed by atoms with E-state index >= 15 is 0 Å². The van der Waals surface area contributed by atoms with Crippen LogP contribution in [0.1, 0.15) is 35.7 Å². The maximum absolute atomic E-state index is 12.1. The molecule has 102 valence electrons. The first-order valence-electron chi connectivity index (χ1n) is 6.58. The van der Waals surface area contributed by atoms with Crippen molar-refractivity contribution in [1.29, 1.82) is 5.26 Å². The number of aryl methyl sites for hydroxylation is 1. The van der Waals surface area contributed by atoms with Crippen LogP contribution < -0.4 is 5.32 Å². The fraction of sp³-hybridized carbons (Fsp3) is 0.267. The minimum Gasteiger partial charge on any atom is -0.307 e. The number of nitrogens with one attached hydrogen (secondary N) is 1. The summed E-state index contributed by atoms with van der Waals surface area (Å²) in [5.41, 5.74) is 1.06. The Bertz CT molecular complexity index is 622. The lowest BCUT2D eigenvalue weighted by atomic mass is 10.1. The Hall–Kier alpha value is -2.61. The van der Waals surface area contributed by atoms with Crippen LogP contribution in [0.15, 0.2) is 36.5 Å². The molecule has 1 heterocycles. The van der Waals surface area contributed by atoms with Gasteiger partial charge in [-0.2, -0.15) is 10.4 Å². The van der Waals surface area contributed by atoms with Crippen molar-refractivity contribution in [3.05, 3.63) is 47.7 Å². The van der Waals surface area contributed by atoms with Crippen LogP contribution >= 0.6 is 0 Å². The van der Waals surface area contributed by atoms with E-state index in [1.54, 1.807) is 41.2 Å². The lowest BCUT2D eigenvalue weighted by Gasteiger charge is -2.08. The van der Waals surface area contributed by atoms with Gasteiger partial charge >= 0.3 is 0 Å². The number of hydrogen-bond acceptors (Lipinski definition) is 3. The molecule has 0 aliphatic heterocycles. The van der Waals surface area contributed by atoms with Gasteiger partial charge in [-0.25, -0.2) is 4.68 Å². The second-order valence-corrected chi connectivity index (χ2v) is 4.44. The van der Waals surface area contributed by atoms with E-state index < -0.39 is 0 Å². The first-order valence-corrected chi connectivity index (χ1v) is 6.58. The van der Waals surface area contributed by atoms with Gasteiger partial charge in [-0.3, -0.25) is 4.79 Å². The number of nitriles is 1. The summed E-state index contributed by atoms with van der Waals surface area (Å²) >= 11 is 0. The fourth-order valence-electron chi connectivity index (χ4n) is 1.81. The van der Waals surface area contributed by atoms with Crippen LogP contribution in [0, 0.1) is 11.3 Å². The molecular weight excluding hydrogens is 252 g/mol. The molecule has 1 aromatic heterocycles. The van der Waals surface area contributed by atoms with Gasteiger partial charge in [0.15, 0.2) is 0 Å². The van der Waals surface area contributed by atoms with Gasteiger partial charge in [0.1, 0.15) is 5.82 Å². The molecule has 0 aliphatic rings. The van der Waals surface area contributed by atoms with Gasteiger partial charge in [-0.15, -0.1) is 0 Å². The third-order valence-electron chi connectivity index (χ3n) is 2.96. The smallest absolute Gasteiger partial charge is 0.256 e. The third-order valence-corrected chi connectivity index (χ3v) is 2.96. The Kier molecular flexibility index (Phi) is 4.51. The van der Waals surface area contributed by atoms with Crippen LogP contribution in [0.5, 0.6) is 0 Å². The normalized spacial score (nSPS) is 10.0. The van der Waals surface area contributed by atoms with E-state index in [4.69, 9.17) is 5.26 Å². The van der Waals surface area contributed by atoms with Crippen molar-refractivity contribution >= 4 is 11.7 Å². The largest absolute Gasteiger partial charge is 0.307 e. The number of anilines is 1. The number of carbonyl (C=O) groups excluding carboxylic acids is 1. The zero-order valence-corrected chi connectivity index (χ0v) is 11.3. The zero-order valence-electron chi connectivity index (χ0n) is 11.3. The Morgan fingerprint density at radius 3 is 2.75 bits per heavy atom. The average Bonchev–Trinajstić information content (AvgIpc) is 2.92. The summed E-state index contributed by atoms with van der Waals surface area (Å²) in [6, 6.07) is 10.3. The van der Waals surface area contributed by atoms with Crippen molar-refractivity contribution in [2.75, 3.05) is 5.32 Å². The van der Waals surface area contributed by atoms with Gasteiger partial charge in [0, 0.05) is 18.2 Å². The molecule has 0 spiro atoms. The van der Waals surface area contributed by atoms with E-state index in [0.717, 1.165) is 19.4 Å². The fourth-order valence-corrected chi connectivity index (χ4v) is 1.81. The van der Waals surface area contributed by atoms with Gasteiger partial charge in [0.2, 0.25) is 0 Å². The summed E-state index contributed by atoms with van der Waals surface area (Å²) in [5, 5.41) is 15.7.